The van der Waals surface area contributed by atoms with E-state index in [-0.39, 0.29) is 5.91 Å². The Morgan fingerprint density at radius 3 is 2.50 bits per heavy atom. The number of carbonyl (C=O) groups excluding carboxylic acids is 1. The number of hydrogen-bond donors (Lipinski definition) is 1. The number of methoxy groups -OCH3 is 1. The van der Waals surface area contributed by atoms with Crippen LogP contribution in [0.15, 0.2) is 24.3 Å². The van der Waals surface area contributed by atoms with Gasteiger partial charge in [0.1, 0.15) is 11.5 Å². The number of amides is 1. The van der Waals surface area contributed by atoms with Crippen LogP contribution in [0, 0.1) is 0 Å². The van der Waals surface area contributed by atoms with Gasteiger partial charge in [0, 0.05) is 6.54 Å². The van der Waals surface area contributed by atoms with E-state index in [9.17, 15) is 4.79 Å². The number of carbonyl (C=O) groups is 1. The summed E-state index contributed by atoms with van der Waals surface area (Å²) in [6.07, 6.45) is 2.49. The second kappa shape index (κ2) is 8.39. The molecule has 0 saturated carbocycles. The zero-order valence-corrected chi connectivity index (χ0v) is 11.1. The van der Waals surface area contributed by atoms with Gasteiger partial charge in [-0.3, -0.25) is 4.79 Å². The van der Waals surface area contributed by atoms with E-state index in [1.54, 1.807) is 7.11 Å². The topological polar surface area (TPSA) is 47.6 Å². The van der Waals surface area contributed by atoms with E-state index in [4.69, 9.17) is 9.47 Å². The fourth-order valence-corrected chi connectivity index (χ4v) is 1.43. The second-order valence-electron chi connectivity index (χ2n) is 3.98. The number of hydrogen-bond acceptors (Lipinski definition) is 3. The summed E-state index contributed by atoms with van der Waals surface area (Å²) < 4.78 is 10.5. The van der Waals surface area contributed by atoms with E-state index in [0.717, 1.165) is 30.9 Å². The average Bonchev–Trinajstić information content (AvgIpc) is 2.40. The van der Waals surface area contributed by atoms with Crippen LogP contribution in [-0.4, -0.2) is 26.2 Å². The Morgan fingerprint density at radius 1 is 1.22 bits per heavy atom. The molecule has 0 aliphatic carbocycles. The Morgan fingerprint density at radius 2 is 1.89 bits per heavy atom. The SMILES string of the molecule is CCCCNC(=O)CCOc1ccc(OC)cc1. The summed E-state index contributed by atoms with van der Waals surface area (Å²) in [5.74, 6) is 1.58. The van der Waals surface area contributed by atoms with Crippen LogP contribution >= 0.6 is 0 Å². The molecule has 100 valence electrons. The van der Waals surface area contributed by atoms with E-state index in [0.29, 0.717) is 13.0 Å². The molecule has 1 aromatic carbocycles. The van der Waals surface area contributed by atoms with E-state index >= 15 is 0 Å². The van der Waals surface area contributed by atoms with Crippen molar-refractivity contribution in [2.45, 2.75) is 26.2 Å². The monoisotopic (exact) mass is 251 g/mol. The summed E-state index contributed by atoms with van der Waals surface area (Å²) in [5, 5.41) is 2.85. The summed E-state index contributed by atoms with van der Waals surface area (Å²) in [5.41, 5.74) is 0. The van der Waals surface area contributed by atoms with Crippen molar-refractivity contribution in [1.29, 1.82) is 0 Å². The molecule has 1 amide bonds. The molecule has 0 aliphatic heterocycles. The summed E-state index contributed by atoms with van der Waals surface area (Å²) >= 11 is 0. The van der Waals surface area contributed by atoms with E-state index < -0.39 is 0 Å². The van der Waals surface area contributed by atoms with Crippen molar-refractivity contribution in [2.75, 3.05) is 20.3 Å². The Bertz CT molecular complexity index is 349. The molecular formula is C14H21NO3. The first kappa shape index (κ1) is 14.4. The largest absolute Gasteiger partial charge is 0.497 e. The molecule has 0 radical (unpaired) electrons. The molecule has 0 unspecified atom stereocenters. The van der Waals surface area contributed by atoms with Crippen LogP contribution in [-0.2, 0) is 4.79 Å². The summed E-state index contributed by atoms with van der Waals surface area (Å²) in [7, 11) is 1.62. The van der Waals surface area contributed by atoms with Crippen LogP contribution in [0.5, 0.6) is 11.5 Å². The Balaban J connectivity index is 2.18. The number of benzene rings is 1. The first-order valence-corrected chi connectivity index (χ1v) is 6.29. The van der Waals surface area contributed by atoms with Gasteiger partial charge < -0.3 is 14.8 Å². The third kappa shape index (κ3) is 5.57. The summed E-state index contributed by atoms with van der Waals surface area (Å²) in [4.78, 5) is 11.4. The highest BCUT2D eigenvalue weighted by molar-refractivity contribution is 5.75. The molecule has 1 aromatic rings. The van der Waals surface area contributed by atoms with Crippen LogP contribution in [0.1, 0.15) is 26.2 Å². The molecule has 0 atom stereocenters. The number of nitrogens with one attached hydrogen (secondary N) is 1. The van der Waals surface area contributed by atoms with Gasteiger partial charge in [-0.25, -0.2) is 0 Å². The third-order valence-corrected chi connectivity index (χ3v) is 2.51. The van der Waals surface area contributed by atoms with E-state index in [1.165, 1.54) is 0 Å². The van der Waals surface area contributed by atoms with Crippen LogP contribution in [0.4, 0.5) is 0 Å². The summed E-state index contributed by atoms with van der Waals surface area (Å²) in [6.45, 7) is 3.24. The molecule has 0 heterocycles. The molecule has 4 heteroatoms. The van der Waals surface area contributed by atoms with Gasteiger partial charge in [0.25, 0.3) is 0 Å². The van der Waals surface area contributed by atoms with Gasteiger partial charge in [0.05, 0.1) is 20.1 Å². The van der Waals surface area contributed by atoms with Gasteiger partial charge in [-0.15, -0.1) is 0 Å². The third-order valence-electron chi connectivity index (χ3n) is 2.51. The van der Waals surface area contributed by atoms with Gasteiger partial charge in [-0.2, -0.15) is 0 Å². The number of ether oxygens (including phenoxy) is 2. The molecule has 0 bridgehead atoms. The summed E-state index contributed by atoms with van der Waals surface area (Å²) in [6, 6.07) is 7.31. The fraction of sp³-hybridized carbons (Fsp3) is 0.500. The Labute approximate surface area is 108 Å². The Kier molecular flexibility index (Phi) is 6.69. The Hall–Kier alpha value is -1.71. The zero-order valence-electron chi connectivity index (χ0n) is 11.1. The molecule has 0 fully saturated rings. The van der Waals surface area contributed by atoms with Gasteiger partial charge in [0.15, 0.2) is 0 Å². The van der Waals surface area contributed by atoms with E-state index in [2.05, 4.69) is 12.2 Å². The van der Waals surface area contributed by atoms with Gasteiger partial charge in [0.2, 0.25) is 5.91 Å². The maximum atomic E-state index is 11.4. The quantitative estimate of drug-likeness (QED) is 0.722. The van der Waals surface area contributed by atoms with E-state index in [1.807, 2.05) is 24.3 Å². The number of unbranched alkanes of at least 4 members (excludes halogenated alkanes) is 1. The molecule has 0 saturated heterocycles. The average molecular weight is 251 g/mol. The minimum Gasteiger partial charge on any atom is -0.497 e. The maximum Gasteiger partial charge on any atom is 0.223 e. The van der Waals surface area contributed by atoms with Crippen LogP contribution in [0.3, 0.4) is 0 Å². The standard InChI is InChI=1S/C14H21NO3/c1-3-4-10-15-14(16)9-11-18-13-7-5-12(17-2)6-8-13/h5-8H,3-4,9-11H2,1-2H3,(H,15,16). The lowest BCUT2D eigenvalue weighted by Gasteiger charge is -2.07. The molecule has 1 N–H and O–H groups in total. The van der Waals surface area contributed by atoms with Crippen LogP contribution < -0.4 is 14.8 Å². The highest BCUT2D eigenvalue weighted by atomic mass is 16.5. The zero-order chi connectivity index (χ0) is 13.2. The predicted octanol–water partition coefficient (Wildman–Crippen LogP) is 2.38. The van der Waals surface area contributed by atoms with Crippen molar-refractivity contribution in [3.8, 4) is 11.5 Å². The molecule has 1 rings (SSSR count). The normalized spacial score (nSPS) is 9.89. The van der Waals surface area contributed by atoms with Crippen LogP contribution in [0.25, 0.3) is 0 Å². The second-order valence-corrected chi connectivity index (χ2v) is 3.98. The first-order valence-electron chi connectivity index (χ1n) is 6.29. The minimum atomic E-state index is 0.0389. The molecule has 4 nitrogen and oxygen atoms in total. The highest BCUT2D eigenvalue weighted by Gasteiger charge is 2.01. The van der Waals surface area contributed by atoms with Gasteiger partial charge in [-0.05, 0) is 30.7 Å². The van der Waals surface area contributed by atoms with Gasteiger partial charge >= 0.3 is 0 Å². The minimum absolute atomic E-state index is 0.0389. The molecule has 0 spiro atoms. The molecular weight excluding hydrogens is 230 g/mol. The van der Waals surface area contributed by atoms with Crippen molar-refractivity contribution in [2.24, 2.45) is 0 Å². The van der Waals surface area contributed by atoms with Crippen molar-refractivity contribution in [3.63, 3.8) is 0 Å². The van der Waals surface area contributed by atoms with Crippen molar-refractivity contribution >= 4 is 5.91 Å². The van der Waals surface area contributed by atoms with Crippen molar-refractivity contribution < 1.29 is 14.3 Å². The lowest BCUT2D eigenvalue weighted by molar-refractivity contribution is -0.121. The van der Waals surface area contributed by atoms with Crippen LogP contribution in [0.2, 0.25) is 0 Å². The molecule has 0 aromatic heterocycles. The lowest BCUT2D eigenvalue weighted by Crippen LogP contribution is -2.25. The maximum absolute atomic E-state index is 11.4. The van der Waals surface area contributed by atoms with Gasteiger partial charge in [-0.1, -0.05) is 13.3 Å². The smallest absolute Gasteiger partial charge is 0.223 e. The lowest BCUT2D eigenvalue weighted by atomic mass is 10.3. The van der Waals surface area contributed by atoms with Crippen molar-refractivity contribution in [3.05, 3.63) is 24.3 Å². The molecule has 18 heavy (non-hydrogen) atoms. The van der Waals surface area contributed by atoms with Crippen molar-refractivity contribution in [1.82, 2.24) is 5.32 Å². The highest BCUT2D eigenvalue weighted by Crippen LogP contribution is 2.16. The first-order chi connectivity index (χ1) is 8.76. The number of rotatable bonds is 8. The molecule has 0 aliphatic rings. The fourth-order valence-electron chi connectivity index (χ4n) is 1.43. The predicted molar refractivity (Wildman–Crippen MR) is 71.0 cm³/mol.